The molecule has 3 nitrogen and oxygen atoms in total. The van der Waals surface area contributed by atoms with Crippen LogP contribution in [0.2, 0.25) is 0 Å². The summed E-state index contributed by atoms with van der Waals surface area (Å²) < 4.78 is 0. The Morgan fingerprint density at radius 2 is 1.94 bits per heavy atom. The third-order valence-electron chi connectivity index (χ3n) is 3.34. The number of carboxylic acids is 1. The molecule has 3 heteroatoms. The van der Waals surface area contributed by atoms with Crippen LogP contribution < -0.4 is 5.11 Å². The first-order chi connectivity index (χ1) is 7.53. The molecule has 0 radical (unpaired) electrons. The number of aliphatic carboxylic acids is 1. The number of rotatable bonds is 3. The average molecular weight is 218 g/mol. The second-order valence-electron chi connectivity index (χ2n) is 4.42. The number of nitriles is 1. The van der Waals surface area contributed by atoms with Crippen molar-refractivity contribution in [3.05, 3.63) is 23.3 Å². The normalized spacial score (nSPS) is 20.6. The number of nitrogens with zero attached hydrogens (tertiary/aromatic N) is 1. The summed E-state index contributed by atoms with van der Waals surface area (Å²) >= 11 is 0. The van der Waals surface area contributed by atoms with Crippen molar-refractivity contribution in [2.75, 3.05) is 0 Å². The maximum Gasteiger partial charge on any atom is 0.0914 e. The molecular weight excluding hydrogens is 202 g/mol. The highest BCUT2D eigenvalue weighted by Gasteiger charge is 2.36. The van der Waals surface area contributed by atoms with E-state index in [-0.39, 0.29) is 0 Å². The minimum atomic E-state index is -0.983. The van der Waals surface area contributed by atoms with E-state index in [0.29, 0.717) is 12.8 Å². The Kier molecular flexibility index (Phi) is 3.89. The van der Waals surface area contributed by atoms with E-state index in [1.54, 1.807) is 13.0 Å². The van der Waals surface area contributed by atoms with Crippen LogP contribution in [0, 0.1) is 16.7 Å². The Balaban J connectivity index is 3.02. The highest BCUT2D eigenvalue weighted by Crippen LogP contribution is 2.43. The Hall–Kier alpha value is -1.56. The molecule has 0 aromatic rings. The zero-order chi connectivity index (χ0) is 12.2. The van der Waals surface area contributed by atoms with Crippen molar-refractivity contribution >= 4 is 5.97 Å². The maximum atomic E-state index is 11.3. The summed E-state index contributed by atoms with van der Waals surface area (Å²) in [6.45, 7) is 3.61. The van der Waals surface area contributed by atoms with Crippen LogP contribution in [0.5, 0.6) is 0 Å². The molecule has 16 heavy (non-hydrogen) atoms. The van der Waals surface area contributed by atoms with Gasteiger partial charge in [0.2, 0.25) is 0 Å². The molecular formula is C13H16NO2-. The SMILES string of the molecule is C/C(=C/C(C)=C/C#N)C1(C(=O)[O-])CCCC1. The van der Waals surface area contributed by atoms with Crippen LogP contribution >= 0.6 is 0 Å². The molecule has 1 saturated carbocycles. The van der Waals surface area contributed by atoms with E-state index in [4.69, 9.17) is 5.26 Å². The van der Waals surface area contributed by atoms with Gasteiger partial charge in [-0.2, -0.15) is 5.26 Å². The second kappa shape index (κ2) is 4.98. The van der Waals surface area contributed by atoms with Crippen molar-refractivity contribution < 1.29 is 9.90 Å². The summed E-state index contributed by atoms with van der Waals surface area (Å²) in [4.78, 5) is 11.3. The molecule has 1 rings (SSSR count). The highest BCUT2D eigenvalue weighted by atomic mass is 16.4. The van der Waals surface area contributed by atoms with Crippen molar-refractivity contribution in [1.29, 1.82) is 5.26 Å². The van der Waals surface area contributed by atoms with Gasteiger partial charge in [0.1, 0.15) is 0 Å². The molecule has 0 unspecified atom stereocenters. The fourth-order valence-corrected chi connectivity index (χ4v) is 2.36. The van der Waals surface area contributed by atoms with Crippen LogP contribution in [0.4, 0.5) is 0 Å². The molecule has 1 aliphatic carbocycles. The minimum Gasteiger partial charge on any atom is -0.549 e. The summed E-state index contributed by atoms with van der Waals surface area (Å²) in [6.07, 6.45) is 6.36. The lowest BCUT2D eigenvalue weighted by molar-refractivity contribution is -0.316. The first-order valence-electron chi connectivity index (χ1n) is 5.49. The van der Waals surface area contributed by atoms with Crippen molar-refractivity contribution in [3.8, 4) is 6.07 Å². The summed E-state index contributed by atoms with van der Waals surface area (Å²) in [6, 6.07) is 1.94. The van der Waals surface area contributed by atoms with E-state index in [0.717, 1.165) is 24.0 Å². The van der Waals surface area contributed by atoms with Crippen molar-refractivity contribution in [1.82, 2.24) is 0 Å². The first kappa shape index (κ1) is 12.5. The molecule has 86 valence electrons. The first-order valence-corrected chi connectivity index (χ1v) is 5.49. The van der Waals surface area contributed by atoms with Crippen LogP contribution in [-0.2, 0) is 4.79 Å². The molecule has 0 heterocycles. The van der Waals surface area contributed by atoms with Gasteiger partial charge in [-0.1, -0.05) is 24.5 Å². The summed E-state index contributed by atoms with van der Waals surface area (Å²) in [5.74, 6) is -0.983. The molecule has 1 aliphatic rings. The Bertz CT molecular complexity index is 379. The molecule has 0 aliphatic heterocycles. The standard InChI is InChI=1S/C13H17NO2/c1-10(5-8-14)9-11(2)13(12(15)16)6-3-4-7-13/h5,9H,3-4,6-7H2,1-2H3,(H,15,16)/p-1/b10-5+,11-9-. The fourth-order valence-electron chi connectivity index (χ4n) is 2.36. The van der Waals surface area contributed by atoms with Gasteiger partial charge >= 0.3 is 0 Å². The molecule has 0 N–H and O–H groups in total. The number of hydrogen-bond donors (Lipinski definition) is 0. The molecule has 1 fully saturated rings. The smallest absolute Gasteiger partial charge is 0.0914 e. The van der Waals surface area contributed by atoms with Gasteiger partial charge in [0.15, 0.2) is 0 Å². The Morgan fingerprint density at radius 1 is 1.38 bits per heavy atom. The average Bonchev–Trinajstić information content (AvgIpc) is 2.67. The predicted octanol–water partition coefficient (Wildman–Crippen LogP) is 1.71. The molecule has 0 bridgehead atoms. The van der Waals surface area contributed by atoms with Crippen molar-refractivity contribution in [2.45, 2.75) is 39.5 Å². The molecule has 0 saturated heterocycles. The molecule has 0 spiro atoms. The van der Waals surface area contributed by atoms with Crippen LogP contribution in [0.1, 0.15) is 39.5 Å². The third-order valence-corrected chi connectivity index (χ3v) is 3.34. The molecule has 0 atom stereocenters. The van der Waals surface area contributed by atoms with E-state index >= 15 is 0 Å². The van der Waals surface area contributed by atoms with Crippen LogP contribution in [-0.4, -0.2) is 5.97 Å². The Morgan fingerprint density at radius 3 is 2.38 bits per heavy atom. The lowest BCUT2D eigenvalue weighted by Crippen LogP contribution is -2.41. The zero-order valence-corrected chi connectivity index (χ0v) is 9.75. The van der Waals surface area contributed by atoms with Gasteiger partial charge in [-0.15, -0.1) is 0 Å². The van der Waals surface area contributed by atoms with Crippen molar-refractivity contribution in [3.63, 3.8) is 0 Å². The topological polar surface area (TPSA) is 63.9 Å². The number of carbonyl (C=O) groups excluding carboxylic acids is 1. The van der Waals surface area contributed by atoms with E-state index in [1.165, 1.54) is 6.08 Å². The minimum absolute atomic E-state index is 0.650. The Labute approximate surface area is 96.1 Å². The molecule has 0 amide bonds. The number of allylic oxidation sites excluding steroid dienone is 3. The van der Waals surface area contributed by atoms with Gasteiger partial charge in [-0.3, -0.25) is 0 Å². The van der Waals surface area contributed by atoms with Gasteiger partial charge < -0.3 is 9.90 Å². The van der Waals surface area contributed by atoms with Gasteiger partial charge in [-0.25, -0.2) is 0 Å². The van der Waals surface area contributed by atoms with E-state index in [2.05, 4.69) is 0 Å². The van der Waals surface area contributed by atoms with Gasteiger partial charge in [-0.05, 0) is 32.3 Å². The van der Waals surface area contributed by atoms with E-state index < -0.39 is 11.4 Å². The third kappa shape index (κ3) is 2.33. The largest absolute Gasteiger partial charge is 0.549 e. The number of carboxylic acid groups (broad SMARTS) is 1. The lowest BCUT2D eigenvalue weighted by atomic mass is 9.78. The monoisotopic (exact) mass is 218 g/mol. The zero-order valence-electron chi connectivity index (χ0n) is 9.75. The fraction of sp³-hybridized carbons (Fsp3) is 0.538. The van der Waals surface area contributed by atoms with Gasteiger partial charge in [0.05, 0.1) is 12.0 Å². The number of carbonyl (C=O) groups is 1. The maximum absolute atomic E-state index is 11.3. The number of hydrogen-bond acceptors (Lipinski definition) is 3. The highest BCUT2D eigenvalue weighted by molar-refractivity contribution is 5.77. The van der Waals surface area contributed by atoms with Crippen LogP contribution in [0.25, 0.3) is 0 Å². The lowest BCUT2D eigenvalue weighted by Gasteiger charge is -2.31. The summed E-state index contributed by atoms with van der Waals surface area (Å²) in [5.41, 5.74) is 0.784. The van der Waals surface area contributed by atoms with E-state index in [9.17, 15) is 9.90 Å². The van der Waals surface area contributed by atoms with Crippen molar-refractivity contribution in [2.24, 2.45) is 5.41 Å². The van der Waals surface area contributed by atoms with E-state index in [1.807, 2.05) is 13.0 Å². The molecule has 0 aromatic carbocycles. The van der Waals surface area contributed by atoms with Crippen LogP contribution in [0.15, 0.2) is 23.3 Å². The van der Waals surface area contributed by atoms with Gasteiger partial charge in [0, 0.05) is 11.5 Å². The summed E-state index contributed by atoms with van der Waals surface area (Å²) in [5, 5.41) is 19.8. The van der Waals surface area contributed by atoms with Crippen LogP contribution in [0.3, 0.4) is 0 Å². The molecule has 0 aromatic heterocycles. The summed E-state index contributed by atoms with van der Waals surface area (Å²) in [7, 11) is 0. The quantitative estimate of drug-likeness (QED) is 0.535. The predicted molar refractivity (Wildman–Crippen MR) is 59.0 cm³/mol. The second-order valence-corrected chi connectivity index (χ2v) is 4.42. The van der Waals surface area contributed by atoms with Gasteiger partial charge in [0.25, 0.3) is 0 Å².